The first kappa shape index (κ1) is 15.2. The minimum Gasteiger partial charge on any atom is -0.411 e. The Hall–Kier alpha value is -1.84. The van der Waals surface area contributed by atoms with E-state index in [4.69, 9.17) is 28.4 Å². The summed E-state index contributed by atoms with van der Waals surface area (Å²) in [4.78, 5) is 10.1. The van der Waals surface area contributed by atoms with Gasteiger partial charge in [0.05, 0.1) is 6.21 Å². The first-order chi connectivity index (χ1) is 9.15. The number of halogens is 2. The average Bonchev–Trinajstić information content (AvgIpc) is 2.40. The molecule has 5 heteroatoms. The molecule has 0 spiro atoms. The maximum atomic E-state index is 10.1. The average molecular weight is 296 g/mol. The molecule has 0 unspecified atom stereocenters. The van der Waals surface area contributed by atoms with Gasteiger partial charge in [0.1, 0.15) is 6.29 Å². The van der Waals surface area contributed by atoms with E-state index < -0.39 is 0 Å². The monoisotopic (exact) mass is 295 g/mol. The highest BCUT2D eigenvalue weighted by Gasteiger charge is 1.88. The molecule has 0 fully saturated rings. The number of aldehydes is 1. The van der Waals surface area contributed by atoms with Crippen molar-refractivity contribution < 1.29 is 10.0 Å². The summed E-state index contributed by atoms with van der Waals surface area (Å²) >= 11 is 11.2. The normalized spacial score (nSPS) is 9.79. The largest absolute Gasteiger partial charge is 0.411 e. The molecule has 0 aliphatic heterocycles. The van der Waals surface area contributed by atoms with Gasteiger partial charge in [-0.15, -0.1) is 0 Å². The second kappa shape index (κ2) is 8.29. The number of carbonyl (C=O) groups is 1. The number of oxime groups is 1. The molecule has 98 valence electrons. The van der Waals surface area contributed by atoms with Crippen molar-refractivity contribution in [1.82, 2.24) is 0 Å². The van der Waals surface area contributed by atoms with Crippen molar-refractivity contribution in [2.24, 2.45) is 5.16 Å². The SMILES string of the molecule is O/N=C/c1cccc(Cl)c1.O=Cc1cccc(Cl)c1. The fourth-order valence-electron chi connectivity index (χ4n) is 1.23. The molecule has 19 heavy (non-hydrogen) atoms. The van der Waals surface area contributed by atoms with Crippen LogP contribution in [0.1, 0.15) is 15.9 Å². The van der Waals surface area contributed by atoms with Crippen molar-refractivity contribution in [3.8, 4) is 0 Å². The van der Waals surface area contributed by atoms with Gasteiger partial charge in [-0.05, 0) is 29.8 Å². The molecule has 0 aromatic heterocycles. The van der Waals surface area contributed by atoms with Crippen LogP contribution in [0.25, 0.3) is 0 Å². The van der Waals surface area contributed by atoms with Crippen LogP contribution in [-0.4, -0.2) is 17.7 Å². The zero-order chi connectivity index (χ0) is 14.1. The third-order valence-corrected chi connectivity index (χ3v) is 2.51. The molecule has 2 aromatic carbocycles. The molecule has 1 N–H and O–H groups in total. The maximum absolute atomic E-state index is 10.1. The van der Waals surface area contributed by atoms with Crippen LogP contribution in [0.4, 0.5) is 0 Å². The van der Waals surface area contributed by atoms with E-state index in [1.807, 2.05) is 0 Å². The first-order valence-electron chi connectivity index (χ1n) is 5.29. The van der Waals surface area contributed by atoms with Gasteiger partial charge in [0, 0.05) is 15.6 Å². The van der Waals surface area contributed by atoms with Crippen molar-refractivity contribution in [2.45, 2.75) is 0 Å². The van der Waals surface area contributed by atoms with Crippen LogP contribution in [0, 0.1) is 0 Å². The zero-order valence-electron chi connectivity index (χ0n) is 9.83. The number of carbonyl (C=O) groups excluding carboxylic acids is 1. The predicted molar refractivity (Wildman–Crippen MR) is 77.7 cm³/mol. The highest BCUT2D eigenvalue weighted by Crippen LogP contribution is 2.08. The van der Waals surface area contributed by atoms with Gasteiger partial charge in [-0.1, -0.05) is 52.6 Å². The molecule has 0 heterocycles. The molecule has 2 rings (SSSR count). The van der Waals surface area contributed by atoms with Crippen LogP contribution >= 0.6 is 23.2 Å². The van der Waals surface area contributed by atoms with E-state index in [0.29, 0.717) is 15.6 Å². The summed E-state index contributed by atoms with van der Waals surface area (Å²) < 4.78 is 0. The fourth-order valence-corrected chi connectivity index (χ4v) is 1.63. The van der Waals surface area contributed by atoms with E-state index in [0.717, 1.165) is 11.8 Å². The molecule has 0 aliphatic carbocycles. The van der Waals surface area contributed by atoms with Crippen LogP contribution in [0.2, 0.25) is 10.0 Å². The van der Waals surface area contributed by atoms with E-state index in [-0.39, 0.29) is 0 Å². The number of hydrogen-bond acceptors (Lipinski definition) is 3. The van der Waals surface area contributed by atoms with Gasteiger partial charge in [-0.3, -0.25) is 4.79 Å². The highest BCUT2D eigenvalue weighted by molar-refractivity contribution is 6.31. The third kappa shape index (κ3) is 6.04. The number of benzene rings is 2. The summed E-state index contributed by atoms with van der Waals surface area (Å²) in [5, 5.41) is 12.2. The molecule has 0 saturated carbocycles. The second-order valence-electron chi connectivity index (χ2n) is 3.47. The van der Waals surface area contributed by atoms with Crippen molar-refractivity contribution >= 4 is 35.7 Å². The van der Waals surface area contributed by atoms with Crippen molar-refractivity contribution in [3.05, 3.63) is 69.7 Å². The van der Waals surface area contributed by atoms with Crippen LogP contribution in [0.5, 0.6) is 0 Å². The number of hydrogen-bond donors (Lipinski definition) is 1. The predicted octanol–water partition coefficient (Wildman–Crippen LogP) is 4.30. The lowest BCUT2D eigenvalue weighted by Gasteiger charge is -1.90. The summed E-state index contributed by atoms with van der Waals surface area (Å²) in [5.41, 5.74) is 1.40. The topological polar surface area (TPSA) is 49.7 Å². The van der Waals surface area contributed by atoms with E-state index in [9.17, 15) is 4.79 Å². The Morgan fingerprint density at radius 1 is 0.947 bits per heavy atom. The molecule has 3 nitrogen and oxygen atoms in total. The molecule has 0 atom stereocenters. The Kier molecular flexibility index (Phi) is 6.64. The van der Waals surface area contributed by atoms with Crippen LogP contribution in [-0.2, 0) is 0 Å². The Labute approximate surface area is 121 Å². The van der Waals surface area contributed by atoms with Crippen molar-refractivity contribution in [3.63, 3.8) is 0 Å². The number of rotatable bonds is 2. The first-order valence-corrected chi connectivity index (χ1v) is 6.05. The highest BCUT2D eigenvalue weighted by atomic mass is 35.5. The molecule has 0 bridgehead atoms. The van der Waals surface area contributed by atoms with Crippen LogP contribution in [0.3, 0.4) is 0 Å². The quantitative estimate of drug-likeness (QED) is 0.389. The van der Waals surface area contributed by atoms with Crippen LogP contribution in [0.15, 0.2) is 53.7 Å². The summed E-state index contributed by atoms with van der Waals surface area (Å²) in [6.07, 6.45) is 2.09. The van der Waals surface area contributed by atoms with E-state index >= 15 is 0 Å². The Balaban J connectivity index is 0.000000191. The molecule has 0 radical (unpaired) electrons. The van der Waals surface area contributed by atoms with E-state index in [2.05, 4.69) is 5.16 Å². The van der Waals surface area contributed by atoms with Crippen molar-refractivity contribution in [2.75, 3.05) is 0 Å². The lowest BCUT2D eigenvalue weighted by atomic mass is 10.2. The fraction of sp³-hybridized carbons (Fsp3) is 0. The Morgan fingerprint density at radius 3 is 1.89 bits per heavy atom. The molecule has 2 aromatic rings. The smallest absolute Gasteiger partial charge is 0.150 e. The number of nitrogens with zero attached hydrogens (tertiary/aromatic N) is 1. The maximum Gasteiger partial charge on any atom is 0.150 e. The Morgan fingerprint density at radius 2 is 1.47 bits per heavy atom. The summed E-state index contributed by atoms with van der Waals surface area (Å²) in [6, 6.07) is 13.9. The van der Waals surface area contributed by atoms with Gasteiger partial charge in [0.2, 0.25) is 0 Å². The summed E-state index contributed by atoms with van der Waals surface area (Å²) in [5.74, 6) is 0. The van der Waals surface area contributed by atoms with Crippen LogP contribution < -0.4 is 0 Å². The minimum absolute atomic E-state index is 0.597. The van der Waals surface area contributed by atoms with Gasteiger partial charge in [-0.25, -0.2) is 0 Å². The van der Waals surface area contributed by atoms with Gasteiger partial charge in [-0.2, -0.15) is 0 Å². The Bertz CT molecular complexity index is 571. The molecule has 0 saturated heterocycles. The van der Waals surface area contributed by atoms with E-state index in [1.165, 1.54) is 6.21 Å². The van der Waals surface area contributed by atoms with Gasteiger partial charge < -0.3 is 5.21 Å². The standard InChI is InChI=1S/C7H6ClNO.C7H5ClO/c8-7-3-1-2-6(4-7)5-9-10;8-7-3-1-2-6(4-7)5-9/h1-5,10H;1-5H/b9-5+;. The van der Waals surface area contributed by atoms with Gasteiger partial charge >= 0.3 is 0 Å². The van der Waals surface area contributed by atoms with Gasteiger partial charge in [0.25, 0.3) is 0 Å². The molecular formula is C14H11Cl2NO2. The summed E-state index contributed by atoms with van der Waals surface area (Å²) in [6.45, 7) is 0. The second-order valence-corrected chi connectivity index (χ2v) is 4.35. The van der Waals surface area contributed by atoms with Gasteiger partial charge in [0.15, 0.2) is 0 Å². The van der Waals surface area contributed by atoms with Crippen molar-refractivity contribution in [1.29, 1.82) is 0 Å². The lowest BCUT2D eigenvalue weighted by molar-refractivity contribution is 0.112. The summed E-state index contributed by atoms with van der Waals surface area (Å²) in [7, 11) is 0. The third-order valence-electron chi connectivity index (χ3n) is 2.04. The molecule has 0 amide bonds. The molecule has 0 aliphatic rings. The molecular weight excluding hydrogens is 285 g/mol. The zero-order valence-corrected chi connectivity index (χ0v) is 11.3. The van der Waals surface area contributed by atoms with E-state index in [1.54, 1.807) is 48.5 Å². The minimum atomic E-state index is 0.597. The lowest BCUT2D eigenvalue weighted by Crippen LogP contribution is -1.78.